The maximum atomic E-state index is 13.0. The first-order valence-electron chi connectivity index (χ1n) is 5.15. The highest BCUT2D eigenvalue weighted by Crippen LogP contribution is 2.20. The Bertz CT molecular complexity index is 511. The lowest BCUT2D eigenvalue weighted by Gasteiger charge is -2.07. The predicted molar refractivity (Wildman–Crippen MR) is 63.5 cm³/mol. The Kier molecular flexibility index (Phi) is 3.14. The van der Waals surface area contributed by atoms with Crippen molar-refractivity contribution in [3.05, 3.63) is 53.8 Å². The van der Waals surface area contributed by atoms with Crippen LogP contribution >= 0.6 is 0 Å². The van der Waals surface area contributed by atoms with Crippen molar-refractivity contribution in [3.8, 4) is 11.5 Å². The quantitative estimate of drug-likeness (QED) is 0.714. The van der Waals surface area contributed by atoms with E-state index in [-0.39, 0.29) is 11.5 Å². The maximum Gasteiger partial charge on any atom is 0.166 e. The van der Waals surface area contributed by atoms with Gasteiger partial charge in [-0.1, -0.05) is 12.1 Å². The van der Waals surface area contributed by atoms with Crippen LogP contribution in [0.15, 0.2) is 42.5 Å². The van der Waals surface area contributed by atoms with Gasteiger partial charge in [0.2, 0.25) is 0 Å². The molecular formula is C13H12FNO2. The molecule has 0 saturated heterocycles. The summed E-state index contributed by atoms with van der Waals surface area (Å²) >= 11 is 0. The van der Waals surface area contributed by atoms with Crippen LogP contribution in [0.5, 0.6) is 11.5 Å². The normalized spacial score (nSPS) is 10.2. The van der Waals surface area contributed by atoms with Crippen LogP contribution < -0.4 is 5.32 Å². The van der Waals surface area contributed by atoms with Crippen molar-refractivity contribution in [1.29, 1.82) is 0 Å². The fraction of sp³-hybridized carbons (Fsp3) is 0.0769. The molecule has 0 aliphatic carbocycles. The maximum absolute atomic E-state index is 13.0. The van der Waals surface area contributed by atoms with Gasteiger partial charge in [-0.3, -0.25) is 0 Å². The average molecular weight is 233 g/mol. The van der Waals surface area contributed by atoms with Gasteiger partial charge in [0.25, 0.3) is 0 Å². The first-order valence-corrected chi connectivity index (χ1v) is 5.15. The summed E-state index contributed by atoms with van der Waals surface area (Å²) in [6, 6.07) is 10.9. The van der Waals surface area contributed by atoms with Gasteiger partial charge in [0.15, 0.2) is 11.6 Å². The van der Waals surface area contributed by atoms with E-state index in [0.717, 1.165) is 5.56 Å². The second kappa shape index (κ2) is 4.74. The highest BCUT2D eigenvalue weighted by atomic mass is 19.1. The molecule has 3 nitrogen and oxygen atoms in total. The molecule has 0 bridgehead atoms. The van der Waals surface area contributed by atoms with Crippen molar-refractivity contribution in [2.75, 3.05) is 5.32 Å². The van der Waals surface area contributed by atoms with E-state index in [1.54, 1.807) is 30.3 Å². The summed E-state index contributed by atoms with van der Waals surface area (Å²) < 4.78 is 13.0. The van der Waals surface area contributed by atoms with Crippen LogP contribution in [-0.2, 0) is 6.54 Å². The molecule has 0 aliphatic heterocycles. The number of hydrogen-bond donors (Lipinski definition) is 3. The van der Waals surface area contributed by atoms with Gasteiger partial charge in [0.1, 0.15) is 5.75 Å². The average Bonchev–Trinajstić information content (AvgIpc) is 2.33. The molecule has 17 heavy (non-hydrogen) atoms. The molecule has 0 amide bonds. The van der Waals surface area contributed by atoms with E-state index in [9.17, 15) is 4.39 Å². The highest BCUT2D eigenvalue weighted by molar-refractivity contribution is 5.47. The zero-order valence-electron chi connectivity index (χ0n) is 9.02. The van der Waals surface area contributed by atoms with Gasteiger partial charge in [0.05, 0.1) is 0 Å². The predicted octanol–water partition coefficient (Wildman–Crippen LogP) is 2.85. The Balaban J connectivity index is 2.02. The third-order valence-corrected chi connectivity index (χ3v) is 2.38. The van der Waals surface area contributed by atoms with Crippen molar-refractivity contribution in [3.63, 3.8) is 0 Å². The lowest BCUT2D eigenvalue weighted by molar-refractivity contribution is 0.432. The van der Waals surface area contributed by atoms with E-state index in [0.29, 0.717) is 12.2 Å². The zero-order chi connectivity index (χ0) is 12.3. The molecule has 0 aromatic heterocycles. The minimum absolute atomic E-state index is 0.212. The van der Waals surface area contributed by atoms with Gasteiger partial charge in [-0.2, -0.15) is 0 Å². The van der Waals surface area contributed by atoms with Gasteiger partial charge in [0, 0.05) is 18.3 Å². The molecule has 0 unspecified atom stereocenters. The van der Waals surface area contributed by atoms with E-state index >= 15 is 0 Å². The topological polar surface area (TPSA) is 52.5 Å². The molecule has 4 heteroatoms. The first-order chi connectivity index (χ1) is 8.15. The molecule has 2 aromatic rings. The van der Waals surface area contributed by atoms with Crippen LogP contribution in [0, 0.1) is 5.82 Å². The van der Waals surface area contributed by atoms with Gasteiger partial charge in [-0.15, -0.1) is 0 Å². The molecule has 88 valence electrons. The van der Waals surface area contributed by atoms with Crippen LogP contribution in [0.4, 0.5) is 10.1 Å². The summed E-state index contributed by atoms with van der Waals surface area (Å²) in [7, 11) is 0. The molecule has 0 fully saturated rings. The number of rotatable bonds is 3. The Labute approximate surface area is 98.2 Å². The van der Waals surface area contributed by atoms with E-state index < -0.39 is 5.82 Å². The second-order valence-electron chi connectivity index (χ2n) is 3.69. The van der Waals surface area contributed by atoms with Crippen molar-refractivity contribution in [2.45, 2.75) is 6.54 Å². The lowest BCUT2D eigenvalue weighted by Crippen LogP contribution is -1.99. The molecular weight excluding hydrogens is 221 g/mol. The standard InChI is InChI=1S/C13H12FNO2/c14-12-7-10(3-6-13(12)17)15-8-9-1-4-11(16)5-2-9/h1-7,15-17H,8H2. The van der Waals surface area contributed by atoms with Crippen molar-refractivity contribution < 1.29 is 14.6 Å². The number of benzene rings is 2. The number of phenolic OH excluding ortho intramolecular Hbond substituents is 2. The second-order valence-corrected chi connectivity index (χ2v) is 3.69. The molecule has 2 rings (SSSR count). The van der Waals surface area contributed by atoms with Crippen molar-refractivity contribution in [1.82, 2.24) is 0 Å². The molecule has 0 heterocycles. The van der Waals surface area contributed by atoms with Crippen LogP contribution in [0.25, 0.3) is 0 Å². The molecule has 0 spiro atoms. The Morgan fingerprint density at radius 1 is 1.00 bits per heavy atom. The molecule has 0 aliphatic rings. The van der Waals surface area contributed by atoms with Crippen molar-refractivity contribution in [2.24, 2.45) is 0 Å². The summed E-state index contributed by atoms with van der Waals surface area (Å²) in [6.07, 6.45) is 0. The summed E-state index contributed by atoms with van der Waals surface area (Å²) in [5, 5.41) is 21.2. The van der Waals surface area contributed by atoms with Gasteiger partial charge in [-0.25, -0.2) is 4.39 Å². The Morgan fingerprint density at radius 3 is 2.35 bits per heavy atom. The molecule has 3 N–H and O–H groups in total. The minimum Gasteiger partial charge on any atom is -0.508 e. The SMILES string of the molecule is Oc1ccc(CNc2ccc(O)c(F)c2)cc1. The smallest absolute Gasteiger partial charge is 0.166 e. The fourth-order valence-electron chi connectivity index (χ4n) is 1.43. The third kappa shape index (κ3) is 2.87. The zero-order valence-corrected chi connectivity index (χ0v) is 9.02. The number of hydrogen-bond acceptors (Lipinski definition) is 3. The van der Waals surface area contributed by atoms with Crippen LogP contribution in [-0.4, -0.2) is 10.2 Å². The largest absolute Gasteiger partial charge is 0.508 e. The summed E-state index contributed by atoms with van der Waals surface area (Å²) in [5.74, 6) is -0.801. The number of nitrogens with one attached hydrogen (secondary N) is 1. The number of phenols is 2. The summed E-state index contributed by atoms with van der Waals surface area (Å²) in [6.45, 7) is 0.518. The van der Waals surface area contributed by atoms with Crippen LogP contribution in [0.1, 0.15) is 5.56 Å². The van der Waals surface area contributed by atoms with Gasteiger partial charge < -0.3 is 15.5 Å². The Morgan fingerprint density at radius 2 is 1.71 bits per heavy atom. The number of halogens is 1. The van der Waals surface area contributed by atoms with E-state index in [2.05, 4.69) is 5.32 Å². The monoisotopic (exact) mass is 233 g/mol. The first kappa shape index (κ1) is 11.3. The molecule has 0 atom stereocenters. The molecule has 0 saturated carbocycles. The van der Waals surface area contributed by atoms with Crippen LogP contribution in [0.2, 0.25) is 0 Å². The van der Waals surface area contributed by atoms with E-state index in [4.69, 9.17) is 10.2 Å². The molecule has 0 radical (unpaired) electrons. The molecule has 2 aromatic carbocycles. The fourth-order valence-corrected chi connectivity index (χ4v) is 1.43. The Hall–Kier alpha value is -2.23. The minimum atomic E-state index is -0.652. The summed E-state index contributed by atoms with van der Waals surface area (Å²) in [5.41, 5.74) is 1.56. The van der Waals surface area contributed by atoms with Crippen molar-refractivity contribution >= 4 is 5.69 Å². The third-order valence-electron chi connectivity index (χ3n) is 2.38. The number of aromatic hydroxyl groups is 2. The lowest BCUT2D eigenvalue weighted by atomic mass is 10.2. The highest BCUT2D eigenvalue weighted by Gasteiger charge is 2.01. The van der Waals surface area contributed by atoms with Crippen LogP contribution in [0.3, 0.4) is 0 Å². The van der Waals surface area contributed by atoms with E-state index in [1.165, 1.54) is 12.1 Å². The van der Waals surface area contributed by atoms with Gasteiger partial charge in [-0.05, 0) is 29.8 Å². The van der Waals surface area contributed by atoms with Gasteiger partial charge >= 0.3 is 0 Å². The summed E-state index contributed by atoms with van der Waals surface area (Å²) in [4.78, 5) is 0. The number of anilines is 1. The van der Waals surface area contributed by atoms with E-state index in [1.807, 2.05) is 0 Å².